The Bertz CT molecular complexity index is 1130. The van der Waals surface area contributed by atoms with E-state index in [1.165, 1.54) is 244 Å². The minimum atomic E-state index is -4.61. The second-order valence-corrected chi connectivity index (χ2v) is 21.7. The van der Waals surface area contributed by atoms with Crippen molar-refractivity contribution in [1.82, 2.24) is 0 Å². The smallest absolute Gasteiger partial charge is 0.726 e. The molecule has 0 bridgehead atoms. The van der Waals surface area contributed by atoms with E-state index in [2.05, 4.69) is 60.4 Å². The Morgan fingerprint density at radius 2 is 0.522 bits per heavy atom. The van der Waals surface area contributed by atoms with Crippen molar-refractivity contribution in [2.45, 2.75) is 310 Å². The van der Waals surface area contributed by atoms with Gasteiger partial charge in [0.1, 0.15) is 0 Å². The van der Waals surface area contributed by atoms with Gasteiger partial charge in [-0.1, -0.05) is 296 Å². The summed E-state index contributed by atoms with van der Waals surface area (Å²) in [6, 6.07) is 0. The molecule has 67 heavy (non-hydrogen) atoms. The number of rotatable bonds is 52. The second kappa shape index (κ2) is 57.4. The van der Waals surface area contributed by atoms with E-state index in [4.69, 9.17) is 0 Å². The van der Waals surface area contributed by atoms with Gasteiger partial charge in [0.25, 0.3) is 0 Å². The fraction of sp³-hybridized carbons (Fsp3) is 0.929. The predicted octanol–water partition coefficient (Wildman–Crippen LogP) is 18.1. The molecule has 0 radical (unpaired) electrons. The van der Waals surface area contributed by atoms with Crippen LogP contribution in [0.15, 0.2) is 24.3 Å². The Balaban J connectivity index is -0.00000120. The zero-order valence-electron chi connectivity index (χ0n) is 44.8. The molecule has 0 spiro atoms. The largest absolute Gasteiger partial charge is 2.00 e. The Kier molecular flexibility index (Phi) is 61.4. The zero-order valence-corrected chi connectivity index (χ0v) is 48.6. The molecule has 0 aliphatic carbocycles. The summed E-state index contributed by atoms with van der Waals surface area (Å²) in [5, 5.41) is 0. The molecular formula is C56H110CaO8S2. The van der Waals surface area contributed by atoms with Gasteiger partial charge < -0.3 is 9.11 Å². The minimum Gasteiger partial charge on any atom is -0.726 e. The van der Waals surface area contributed by atoms with E-state index in [9.17, 15) is 25.9 Å². The summed E-state index contributed by atoms with van der Waals surface area (Å²) < 4.78 is 74.2. The molecule has 0 rings (SSSR count). The average Bonchev–Trinajstić information content (AvgIpc) is 3.28. The fourth-order valence-electron chi connectivity index (χ4n) is 8.68. The van der Waals surface area contributed by atoms with Crippen LogP contribution in [0.3, 0.4) is 0 Å². The molecule has 0 fully saturated rings. The zero-order chi connectivity index (χ0) is 48.9. The maximum absolute atomic E-state index is 10.9. The topological polar surface area (TPSA) is 133 Å². The molecule has 396 valence electrons. The van der Waals surface area contributed by atoms with E-state index in [0.29, 0.717) is 0 Å². The normalized spacial score (nSPS) is 13.0. The molecule has 0 saturated heterocycles. The van der Waals surface area contributed by atoms with Crippen molar-refractivity contribution in [3.63, 3.8) is 0 Å². The molecule has 0 aromatic carbocycles. The van der Waals surface area contributed by atoms with Gasteiger partial charge in [-0.3, -0.25) is 8.37 Å². The van der Waals surface area contributed by atoms with Gasteiger partial charge in [-0.25, -0.2) is 16.8 Å². The van der Waals surface area contributed by atoms with Crippen LogP contribution in [0.4, 0.5) is 0 Å². The SMILES string of the molecule is CCCCCCCCCCC/C=C/C(CCCCCCCCCCCCC)COS(=O)(=O)[O-].CCCCCCCCCCC/C=C/C(CCCCCCCCCCCCC)COS(=O)(=O)[O-].[Ca+2]. The third-order valence-corrected chi connectivity index (χ3v) is 13.8. The maximum Gasteiger partial charge on any atom is 2.00 e. The standard InChI is InChI=1S/2C28H56O4S.Ca/c2*1-3-5-7-9-11-13-15-17-19-21-23-25-28(27-32-33(29,30)31)26-24-22-20-18-16-14-12-10-8-6-4-2;/h2*23,25,28H,3-22,24,26-27H2,1-2H3,(H,29,30,31);/q;;+2/p-2/b2*25-23+;. The summed E-state index contributed by atoms with van der Waals surface area (Å²) in [6.45, 7) is 8.98. The number of allylic oxidation sites excluding steroid dienone is 2. The van der Waals surface area contributed by atoms with Crippen LogP contribution in [0.2, 0.25) is 0 Å². The fourth-order valence-corrected chi connectivity index (χ4v) is 9.36. The molecule has 2 atom stereocenters. The first-order valence-electron chi connectivity index (χ1n) is 28.5. The molecule has 0 saturated carbocycles. The molecule has 0 N–H and O–H groups in total. The average molecular weight is 1020 g/mol. The quantitative estimate of drug-likeness (QED) is 0.0193. The van der Waals surface area contributed by atoms with E-state index < -0.39 is 20.8 Å². The summed E-state index contributed by atoms with van der Waals surface area (Å²) in [5.74, 6) is 0.0386. The van der Waals surface area contributed by atoms with Crippen molar-refractivity contribution in [1.29, 1.82) is 0 Å². The number of hydrogen-bond donors (Lipinski definition) is 0. The van der Waals surface area contributed by atoms with Crippen LogP contribution in [0, 0.1) is 11.8 Å². The molecule has 8 nitrogen and oxygen atoms in total. The van der Waals surface area contributed by atoms with Gasteiger partial charge in [0.2, 0.25) is 20.8 Å². The maximum atomic E-state index is 10.9. The summed E-state index contributed by atoms with van der Waals surface area (Å²) in [5.41, 5.74) is 0. The van der Waals surface area contributed by atoms with Crippen LogP contribution in [0.1, 0.15) is 310 Å². The Hall–Kier alpha value is 0.480. The molecule has 0 heterocycles. The summed E-state index contributed by atoms with van der Waals surface area (Å²) in [6.07, 6.45) is 64.5. The Morgan fingerprint density at radius 1 is 0.328 bits per heavy atom. The predicted molar refractivity (Wildman–Crippen MR) is 288 cm³/mol. The molecule has 0 aliphatic rings. The van der Waals surface area contributed by atoms with Crippen LogP contribution in [-0.2, 0) is 29.2 Å². The summed E-state index contributed by atoms with van der Waals surface area (Å²) >= 11 is 0. The second-order valence-electron chi connectivity index (χ2n) is 19.6. The molecule has 0 aliphatic heterocycles. The first kappa shape index (κ1) is 71.7. The van der Waals surface area contributed by atoms with E-state index >= 15 is 0 Å². The van der Waals surface area contributed by atoms with Gasteiger partial charge >= 0.3 is 37.7 Å². The van der Waals surface area contributed by atoms with E-state index in [0.717, 1.165) is 38.5 Å². The van der Waals surface area contributed by atoms with Crippen LogP contribution < -0.4 is 0 Å². The molecular weight excluding hydrogens is 905 g/mol. The van der Waals surface area contributed by atoms with E-state index in [1.54, 1.807) is 0 Å². The number of unbranched alkanes of at least 4 members (excludes halogenated alkanes) is 38. The first-order chi connectivity index (χ1) is 32.0. The molecule has 11 heteroatoms. The minimum absolute atomic E-state index is 0. The van der Waals surface area contributed by atoms with Crippen molar-refractivity contribution >= 4 is 58.5 Å². The van der Waals surface area contributed by atoms with Gasteiger partial charge in [-0.05, 0) is 38.5 Å². The van der Waals surface area contributed by atoms with Crippen LogP contribution in [-0.4, -0.2) is 76.9 Å². The van der Waals surface area contributed by atoms with Crippen molar-refractivity contribution in [2.24, 2.45) is 11.8 Å². The third kappa shape index (κ3) is 66.5. The monoisotopic (exact) mass is 1010 g/mol. The molecule has 0 aromatic heterocycles. The third-order valence-electron chi connectivity index (χ3n) is 13.0. The van der Waals surface area contributed by atoms with Crippen molar-refractivity contribution < 1.29 is 34.3 Å². The van der Waals surface area contributed by atoms with Crippen LogP contribution >= 0.6 is 0 Å². The van der Waals surface area contributed by atoms with Crippen molar-refractivity contribution in [3.05, 3.63) is 24.3 Å². The van der Waals surface area contributed by atoms with Gasteiger partial charge in [-0.15, -0.1) is 0 Å². The van der Waals surface area contributed by atoms with Gasteiger partial charge in [-0.2, -0.15) is 0 Å². The summed E-state index contributed by atoms with van der Waals surface area (Å²) in [4.78, 5) is 0. The van der Waals surface area contributed by atoms with Crippen molar-refractivity contribution in [2.75, 3.05) is 13.2 Å². The molecule has 0 amide bonds. The summed E-state index contributed by atoms with van der Waals surface area (Å²) in [7, 11) is -9.22. The van der Waals surface area contributed by atoms with Crippen LogP contribution in [0.25, 0.3) is 0 Å². The van der Waals surface area contributed by atoms with Crippen molar-refractivity contribution in [3.8, 4) is 0 Å². The van der Waals surface area contributed by atoms with Crippen LogP contribution in [0.5, 0.6) is 0 Å². The number of hydrogen-bond acceptors (Lipinski definition) is 8. The van der Waals surface area contributed by atoms with Gasteiger partial charge in [0.15, 0.2) is 0 Å². The molecule has 2 unspecified atom stereocenters. The Labute approximate surface area is 448 Å². The van der Waals surface area contributed by atoms with Gasteiger partial charge in [0, 0.05) is 11.8 Å². The Morgan fingerprint density at radius 3 is 0.731 bits per heavy atom. The van der Waals surface area contributed by atoms with E-state index in [-0.39, 0.29) is 62.8 Å². The van der Waals surface area contributed by atoms with E-state index in [1.807, 2.05) is 0 Å². The van der Waals surface area contributed by atoms with Gasteiger partial charge in [0.05, 0.1) is 13.2 Å². The first-order valence-corrected chi connectivity index (χ1v) is 31.2. The molecule has 0 aromatic rings.